The normalized spacial score (nSPS) is 50.1. The summed E-state index contributed by atoms with van der Waals surface area (Å²) in [4.78, 5) is 11.4. The maximum atomic E-state index is 11.4. The second kappa shape index (κ2) is 4.24. The van der Waals surface area contributed by atoms with Crippen LogP contribution >= 0.6 is 0 Å². The van der Waals surface area contributed by atoms with E-state index < -0.39 is 0 Å². The van der Waals surface area contributed by atoms with Crippen LogP contribution in [0.1, 0.15) is 84.0 Å². The molecule has 6 rings (SSSR count). The van der Waals surface area contributed by atoms with Gasteiger partial charge in [-0.2, -0.15) is 0 Å². The third-order valence-electron chi connectivity index (χ3n) is 7.76. The predicted molar refractivity (Wildman–Crippen MR) is 78.3 cm³/mol. The van der Waals surface area contributed by atoms with Crippen molar-refractivity contribution in [3.8, 4) is 0 Å². The smallest absolute Gasteiger partial charge is 0.303 e. The molecule has 2 heteroatoms. The molecule has 0 radical (unpaired) electrons. The molecule has 20 heavy (non-hydrogen) atoms. The first-order chi connectivity index (χ1) is 9.57. The fourth-order valence-corrected chi connectivity index (χ4v) is 6.45. The summed E-state index contributed by atoms with van der Waals surface area (Å²) in [7, 11) is 0. The highest BCUT2D eigenvalue weighted by molar-refractivity contribution is 5.66. The van der Waals surface area contributed by atoms with E-state index in [1.165, 1.54) is 57.8 Å². The molecular formula is C18H28O2. The van der Waals surface area contributed by atoms with Crippen LogP contribution < -0.4 is 0 Å². The van der Waals surface area contributed by atoms with Gasteiger partial charge in [0.15, 0.2) is 0 Å². The van der Waals surface area contributed by atoms with E-state index in [1.54, 1.807) is 6.92 Å². The van der Waals surface area contributed by atoms with Gasteiger partial charge in [-0.05, 0) is 93.8 Å². The van der Waals surface area contributed by atoms with Crippen molar-refractivity contribution in [2.24, 2.45) is 16.7 Å². The molecular weight excluding hydrogens is 248 g/mol. The molecule has 6 aliphatic carbocycles. The van der Waals surface area contributed by atoms with E-state index in [4.69, 9.17) is 4.74 Å². The van der Waals surface area contributed by atoms with Crippen molar-refractivity contribution in [2.45, 2.75) is 89.6 Å². The summed E-state index contributed by atoms with van der Waals surface area (Å²) in [6, 6.07) is 0. The van der Waals surface area contributed by atoms with E-state index in [1.807, 2.05) is 0 Å². The molecule has 0 saturated heterocycles. The van der Waals surface area contributed by atoms with Gasteiger partial charge in [0.1, 0.15) is 5.60 Å². The third-order valence-corrected chi connectivity index (χ3v) is 7.76. The average Bonchev–Trinajstić information content (AvgIpc) is 2.50. The van der Waals surface area contributed by atoms with Gasteiger partial charge in [-0.3, -0.25) is 4.79 Å². The lowest BCUT2D eigenvalue weighted by atomic mass is 9.42. The van der Waals surface area contributed by atoms with Crippen LogP contribution in [0.25, 0.3) is 0 Å². The zero-order valence-corrected chi connectivity index (χ0v) is 12.9. The second-order valence-electron chi connectivity index (χ2n) is 8.32. The summed E-state index contributed by atoms with van der Waals surface area (Å²) in [6.45, 7) is 1.58. The number of hydrogen-bond acceptors (Lipinski definition) is 2. The number of hydrogen-bond donors (Lipinski definition) is 0. The molecule has 6 aliphatic rings. The topological polar surface area (TPSA) is 26.3 Å². The van der Waals surface area contributed by atoms with Gasteiger partial charge < -0.3 is 4.74 Å². The molecule has 0 heterocycles. The molecule has 4 bridgehead atoms. The van der Waals surface area contributed by atoms with Gasteiger partial charge in [0.25, 0.3) is 0 Å². The van der Waals surface area contributed by atoms with E-state index in [-0.39, 0.29) is 11.6 Å². The largest absolute Gasteiger partial charge is 0.459 e. The summed E-state index contributed by atoms with van der Waals surface area (Å²) < 4.78 is 5.74. The van der Waals surface area contributed by atoms with Gasteiger partial charge in [-0.1, -0.05) is 0 Å². The first-order valence-corrected chi connectivity index (χ1v) is 8.77. The van der Waals surface area contributed by atoms with Gasteiger partial charge in [0.05, 0.1) is 0 Å². The Morgan fingerprint density at radius 2 is 1.25 bits per heavy atom. The summed E-state index contributed by atoms with van der Waals surface area (Å²) in [6.07, 6.45) is 16.4. The molecule has 0 aliphatic heterocycles. The molecule has 0 aromatic heterocycles. The fourth-order valence-electron chi connectivity index (χ4n) is 6.45. The van der Waals surface area contributed by atoms with Gasteiger partial charge in [0.2, 0.25) is 0 Å². The Hall–Kier alpha value is -0.530. The molecule has 0 aromatic carbocycles. The van der Waals surface area contributed by atoms with Crippen molar-refractivity contribution < 1.29 is 9.53 Å². The van der Waals surface area contributed by atoms with Crippen LogP contribution in [0.3, 0.4) is 0 Å². The minimum Gasteiger partial charge on any atom is -0.459 e. The van der Waals surface area contributed by atoms with Crippen LogP contribution in [0.4, 0.5) is 0 Å². The number of carbonyl (C=O) groups is 1. The minimum atomic E-state index is -0.0734. The molecule has 0 N–H and O–H groups in total. The molecule has 6 fully saturated rings. The van der Waals surface area contributed by atoms with Crippen LogP contribution in [-0.2, 0) is 9.53 Å². The Morgan fingerprint density at radius 3 is 1.70 bits per heavy atom. The molecule has 2 nitrogen and oxygen atoms in total. The number of rotatable bonds is 2. The Bertz CT molecular complexity index is 379. The molecule has 0 atom stereocenters. The summed E-state index contributed by atoms with van der Waals surface area (Å²) in [5.74, 6) is 0.983. The second-order valence-corrected chi connectivity index (χ2v) is 8.32. The molecule has 112 valence electrons. The Balaban J connectivity index is 1.55. The lowest BCUT2D eigenvalue weighted by Gasteiger charge is -2.64. The molecule has 0 aromatic rings. The maximum Gasteiger partial charge on any atom is 0.303 e. The van der Waals surface area contributed by atoms with Crippen LogP contribution in [0, 0.1) is 16.7 Å². The SMILES string of the molecule is CC(=O)OC12CCC(C34CCC(CC3)CC4)(CC1)CC2. The lowest BCUT2D eigenvalue weighted by Crippen LogP contribution is -2.57. The van der Waals surface area contributed by atoms with Crippen molar-refractivity contribution in [3.05, 3.63) is 0 Å². The molecule has 6 saturated carbocycles. The van der Waals surface area contributed by atoms with Crippen molar-refractivity contribution >= 4 is 5.97 Å². The zero-order valence-electron chi connectivity index (χ0n) is 12.9. The highest BCUT2D eigenvalue weighted by Crippen LogP contribution is 2.69. The fraction of sp³-hybridized carbons (Fsp3) is 0.944. The number of fused-ring (bicyclic) bond motifs is 6. The monoisotopic (exact) mass is 276 g/mol. The van der Waals surface area contributed by atoms with E-state index in [2.05, 4.69) is 0 Å². The van der Waals surface area contributed by atoms with Crippen molar-refractivity contribution in [2.75, 3.05) is 0 Å². The highest BCUT2D eigenvalue weighted by atomic mass is 16.6. The van der Waals surface area contributed by atoms with E-state index in [9.17, 15) is 4.79 Å². The lowest BCUT2D eigenvalue weighted by molar-refractivity contribution is -0.196. The Kier molecular flexibility index (Phi) is 2.79. The summed E-state index contributed by atoms with van der Waals surface area (Å²) >= 11 is 0. The van der Waals surface area contributed by atoms with Gasteiger partial charge in [0, 0.05) is 6.92 Å². The maximum absolute atomic E-state index is 11.4. The quantitative estimate of drug-likeness (QED) is 0.688. The number of esters is 1. The third kappa shape index (κ3) is 1.72. The first-order valence-electron chi connectivity index (χ1n) is 8.77. The number of carbonyl (C=O) groups excluding carboxylic acids is 1. The number of ether oxygens (including phenoxy) is 1. The minimum absolute atomic E-state index is 0.0733. The van der Waals surface area contributed by atoms with Crippen LogP contribution in [0.5, 0.6) is 0 Å². The zero-order chi connectivity index (χ0) is 13.8. The van der Waals surface area contributed by atoms with E-state index in [0.29, 0.717) is 10.8 Å². The molecule has 0 unspecified atom stereocenters. The van der Waals surface area contributed by atoms with E-state index >= 15 is 0 Å². The Labute approximate surface area is 122 Å². The Morgan fingerprint density at radius 1 is 0.800 bits per heavy atom. The predicted octanol–water partition coefficient (Wildman–Crippen LogP) is 4.61. The van der Waals surface area contributed by atoms with Crippen LogP contribution in [0.15, 0.2) is 0 Å². The van der Waals surface area contributed by atoms with Crippen molar-refractivity contribution in [1.29, 1.82) is 0 Å². The van der Waals surface area contributed by atoms with Crippen molar-refractivity contribution in [3.63, 3.8) is 0 Å². The standard InChI is InChI=1S/C18H28O2/c1-14(19)20-18-11-8-17(9-12-18,10-13-18)16-5-2-15(3-6-16)4-7-16/h15H,2-13H2,1H3. The van der Waals surface area contributed by atoms with Gasteiger partial charge >= 0.3 is 5.97 Å². The van der Waals surface area contributed by atoms with E-state index in [0.717, 1.165) is 25.2 Å². The van der Waals surface area contributed by atoms with Gasteiger partial charge in [-0.25, -0.2) is 0 Å². The van der Waals surface area contributed by atoms with Gasteiger partial charge in [-0.15, -0.1) is 0 Å². The summed E-state index contributed by atoms with van der Waals surface area (Å²) in [5, 5.41) is 0. The van der Waals surface area contributed by atoms with Crippen molar-refractivity contribution in [1.82, 2.24) is 0 Å². The first kappa shape index (κ1) is 13.2. The highest BCUT2D eigenvalue weighted by Gasteiger charge is 2.60. The van der Waals surface area contributed by atoms with Crippen LogP contribution in [0.2, 0.25) is 0 Å². The van der Waals surface area contributed by atoms with Crippen LogP contribution in [-0.4, -0.2) is 11.6 Å². The molecule has 0 spiro atoms. The molecule has 0 amide bonds. The summed E-state index contributed by atoms with van der Waals surface area (Å²) in [5.41, 5.74) is 1.21. The average molecular weight is 276 g/mol.